The van der Waals surface area contributed by atoms with Crippen LogP contribution in [0.5, 0.6) is 0 Å². The van der Waals surface area contributed by atoms with Gasteiger partial charge in [-0.15, -0.1) is 0 Å². The van der Waals surface area contributed by atoms with E-state index in [1.54, 1.807) is 14.0 Å². The van der Waals surface area contributed by atoms with Gasteiger partial charge in [0.1, 0.15) is 0 Å². The standard InChI is InChI=1S/C10H21NO3/c1-6-14-9(12)7-10(3,11-4)8(2)13-5/h8,11H,6-7H2,1-5H3. The lowest BCUT2D eigenvalue weighted by molar-refractivity contribution is -0.146. The molecule has 4 nitrogen and oxygen atoms in total. The van der Waals surface area contributed by atoms with Gasteiger partial charge in [0.15, 0.2) is 0 Å². The SMILES string of the molecule is CCOC(=O)CC(C)(NC)C(C)OC. The lowest BCUT2D eigenvalue weighted by Crippen LogP contribution is -2.51. The van der Waals surface area contributed by atoms with Crippen molar-refractivity contribution < 1.29 is 14.3 Å². The Kier molecular flexibility index (Phi) is 5.72. The Bertz CT molecular complexity index is 184. The molecule has 0 amide bonds. The maximum Gasteiger partial charge on any atom is 0.307 e. The second-order valence-corrected chi connectivity index (χ2v) is 3.53. The quantitative estimate of drug-likeness (QED) is 0.653. The van der Waals surface area contributed by atoms with Gasteiger partial charge in [0, 0.05) is 7.11 Å². The first-order chi connectivity index (χ1) is 6.50. The predicted octanol–water partition coefficient (Wildman–Crippen LogP) is 0.953. The number of hydrogen-bond acceptors (Lipinski definition) is 4. The van der Waals surface area contributed by atoms with Crippen molar-refractivity contribution in [1.82, 2.24) is 5.32 Å². The van der Waals surface area contributed by atoms with Crippen LogP contribution < -0.4 is 5.32 Å². The topological polar surface area (TPSA) is 47.6 Å². The third-order valence-corrected chi connectivity index (χ3v) is 2.64. The van der Waals surface area contributed by atoms with Crippen LogP contribution >= 0.6 is 0 Å². The molecule has 0 saturated carbocycles. The average Bonchev–Trinajstić information content (AvgIpc) is 2.16. The van der Waals surface area contributed by atoms with E-state index in [2.05, 4.69) is 5.32 Å². The molecule has 0 spiro atoms. The monoisotopic (exact) mass is 203 g/mol. The minimum Gasteiger partial charge on any atom is -0.466 e. The highest BCUT2D eigenvalue weighted by atomic mass is 16.5. The van der Waals surface area contributed by atoms with Crippen LogP contribution in [-0.4, -0.2) is 38.4 Å². The van der Waals surface area contributed by atoms with Crippen LogP contribution in [0.25, 0.3) is 0 Å². The Hall–Kier alpha value is -0.610. The number of nitrogens with one attached hydrogen (secondary N) is 1. The Balaban J connectivity index is 4.31. The molecular formula is C10H21NO3. The summed E-state index contributed by atoms with van der Waals surface area (Å²) in [6.45, 7) is 6.09. The number of carbonyl (C=O) groups is 1. The largest absolute Gasteiger partial charge is 0.466 e. The molecule has 0 aliphatic heterocycles. The highest BCUT2D eigenvalue weighted by molar-refractivity contribution is 5.71. The van der Waals surface area contributed by atoms with Gasteiger partial charge < -0.3 is 14.8 Å². The van der Waals surface area contributed by atoms with E-state index in [1.807, 2.05) is 20.9 Å². The summed E-state index contributed by atoms with van der Waals surface area (Å²) in [7, 11) is 3.44. The summed E-state index contributed by atoms with van der Waals surface area (Å²) in [5.74, 6) is -0.201. The number of likely N-dealkylation sites (N-methyl/N-ethyl adjacent to an activating group) is 1. The van der Waals surface area contributed by atoms with Gasteiger partial charge in [0.2, 0.25) is 0 Å². The molecule has 2 unspecified atom stereocenters. The molecule has 0 aromatic heterocycles. The number of esters is 1. The number of carbonyl (C=O) groups excluding carboxylic acids is 1. The summed E-state index contributed by atoms with van der Waals surface area (Å²) >= 11 is 0. The summed E-state index contributed by atoms with van der Waals surface area (Å²) in [4.78, 5) is 11.3. The summed E-state index contributed by atoms with van der Waals surface area (Å²) in [6.07, 6.45) is 0.267. The second kappa shape index (κ2) is 5.98. The van der Waals surface area contributed by atoms with Crippen molar-refractivity contribution in [3.05, 3.63) is 0 Å². The molecule has 0 aliphatic carbocycles. The summed E-state index contributed by atoms with van der Waals surface area (Å²) in [5.41, 5.74) is -0.374. The molecule has 0 aliphatic rings. The normalized spacial score (nSPS) is 17.2. The van der Waals surface area contributed by atoms with Crippen molar-refractivity contribution >= 4 is 5.97 Å². The molecule has 0 radical (unpaired) electrons. The highest BCUT2D eigenvalue weighted by Crippen LogP contribution is 2.17. The van der Waals surface area contributed by atoms with Crippen LogP contribution in [0.2, 0.25) is 0 Å². The van der Waals surface area contributed by atoms with E-state index in [1.165, 1.54) is 0 Å². The zero-order chi connectivity index (χ0) is 11.2. The van der Waals surface area contributed by atoms with Crippen LogP contribution in [0.15, 0.2) is 0 Å². The first-order valence-electron chi connectivity index (χ1n) is 4.87. The first-order valence-corrected chi connectivity index (χ1v) is 4.87. The summed E-state index contributed by atoms with van der Waals surface area (Å²) in [6, 6.07) is 0. The maximum absolute atomic E-state index is 11.3. The fraction of sp³-hybridized carbons (Fsp3) is 0.900. The molecule has 0 fully saturated rings. The van der Waals surface area contributed by atoms with Crippen LogP contribution in [-0.2, 0) is 14.3 Å². The van der Waals surface area contributed by atoms with E-state index in [4.69, 9.17) is 9.47 Å². The minimum atomic E-state index is -0.374. The van der Waals surface area contributed by atoms with Gasteiger partial charge in [-0.05, 0) is 27.8 Å². The predicted molar refractivity (Wildman–Crippen MR) is 55.2 cm³/mol. The van der Waals surface area contributed by atoms with Crippen LogP contribution in [0.3, 0.4) is 0 Å². The Morgan fingerprint density at radius 3 is 2.50 bits per heavy atom. The molecule has 1 N–H and O–H groups in total. The maximum atomic E-state index is 11.3. The van der Waals surface area contributed by atoms with Crippen LogP contribution in [0, 0.1) is 0 Å². The zero-order valence-corrected chi connectivity index (χ0v) is 9.72. The number of methoxy groups -OCH3 is 1. The van der Waals surface area contributed by atoms with E-state index in [-0.39, 0.29) is 17.6 Å². The lowest BCUT2D eigenvalue weighted by atomic mass is 9.92. The van der Waals surface area contributed by atoms with Crippen LogP contribution in [0.4, 0.5) is 0 Å². The average molecular weight is 203 g/mol. The van der Waals surface area contributed by atoms with Gasteiger partial charge in [-0.1, -0.05) is 0 Å². The van der Waals surface area contributed by atoms with E-state index in [9.17, 15) is 4.79 Å². The van der Waals surface area contributed by atoms with Gasteiger partial charge in [0.25, 0.3) is 0 Å². The molecule has 14 heavy (non-hydrogen) atoms. The van der Waals surface area contributed by atoms with Crippen molar-refractivity contribution in [2.24, 2.45) is 0 Å². The van der Waals surface area contributed by atoms with Crippen molar-refractivity contribution in [1.29, 1.82) is 0 Å². The number of hydrogen-bond donors (Lipinski definition) is 1. The van der Waals surface area contributed by atoms with Crippen molar-refractivity contribution in [3.63, 3.8) is 0 Å². The van der Waals surface area contributed by atoms with Crippen molar-refractivity contribution in [3.8, 4) is 0 Å². The molecule has 0 aromatic rings. The molecule has 0 saturated heterocycles. The molecule has 0 rings (SSSR count). The van der Waals surface area contributed by atoms with Gasteiger partial charge in [-0.25, -0.2) is 0 Å². The molecule has 0 bridgehead atoms. The van der Waals surface area contributed by atoms with Gasteiger partial charge in [-0.3, -0.25) is 4.79 Å². The molecule has 0 heterocycles. The third-order valence-electron chi connectivity index (χ3n) is 2.64. The molecular weight excluding hydrogens is 182 g/mol. The Morgan fingerprint density at radius 1 is 1.57 bits per heavy atom. The zero-order valence-electron chi connectivity index (χ0n) is 9.72. The smallest absolute Gasteiger partial charge is 0.307 e. The second-order valence-electron chi connectivity index (χ2n) is 3.53. The third kappa shape index (κ3) is 3.64. The van der Waals surface area contributed by atoms with E-state index in [0.717, 1.165) is 0 Å². The Morgan fingerprint density at radius 2 is 2.14 bits per heavy atom. The molecule has 0 aromatic carbocycles. The fourth-order valence-corrected chi connectivity index (χ4v) is 1.21. The number of rotatable bonds is 6. The first kappa shape index (κ1) is 13.4. The highest BCUT2D eigenvalue weighted by Gasteiger charge is 2.32. The molecule has 2 atom stereocenters. The van der Waals surface area contributed by atoms with Gasteiger partial charge >= 0.3 is 5.97 Å². The van der Waals surface area contributed by atoms with Gasteiger partial charge in [0.05, 0.1) is 24.7 Å². The lowest BCUT2D eigenvalue weighted by Gasteiger charge is -2.33. The minimum absolute atomic E-state index is 0.0445. The summed E-state index contributed by atoms with van der Waals surface area (Å²) in [5, 5.41) is 3.09. The van der Waals surface area contributed by atoms with Gasteiger partial charge in [-0.2, -0.15) is 0 Å². The molecule has 4 heteroatoms. The summed E-state index contributed by atoms with van der Waals surface area (Å²) < 4.78 is 10.1. The van der Waals surface area contributed by atoms with E-state index in [0.29, 0.717) is 13.0 Å². The van der Waals surface area contributed by atoms with Crippen molar-refractivity contribution in [2.75, 3.05) is 20.8 Å². The number of ether oxygens (including phenoxy) is 2. The fourth-order valence-electron chi connectivity index (χ4n) is 1.21. The van der Waals surface area contributed by atoms with Crippen LogP contribution in [0.1, 0.15) is 27.2 Å². The van der Waals surface area contributed by atoms with E-state index >= 15 is 0 Å². The molecule has 84 valence electrons. The van der Waals surface area contributed by atoms with Crippen molar-refractivity contribution in [2.45, 2.75) is 38.8 Å². The van der Waals surface area contributed by atoms with E-state index < -0.39 is 0 Å². The Labute approximate surface area is 86.0 Å².